The van der Waals surface area contributed by atoms with Gasteiger partial charge < -0.3 is 14.2 Å². The van der Waals surface area contributed by atoms with Crippen LogP contribution in [0.4, 0.5) is 0 Å². The summed E-state index contributed by atoms with van der Waals surface area (Å²) in [6.45, 7) is 1.51. The molecule has 2 saturated heterocycles. The van der Waals surface area contributed by atoms with Crippen LogP contribution in [0.2, 0.25) is 5.02 Å². The molecule has 2 aliphatic heterocycles. The average molecular weight is 388 g/mol. The second kappa shape index (κ2) is 7.72. The van der Waals surface area contributed by atoms with Crippen molar-refractivity contribution in [3.63, 3.8) is 0 Å². The minimum Gasteiger partial charge on any atom is -0.443 e. The molecule has 0 spiro atoms. The molecule has 1 aromatic heterocycles. The van der Waals surface area contributed by atoms with Crippen LogP contribution in [-0.2, 0) is 16.0 Å². The SMILES string of the molecule is O=C1CCCN1CC(=O)N1CCCC1c1ncc(Cc2cccc(Cl)c2)o1. The van der Waals surface area contributed by atoms with Crippen LogP contribution in [0.25, 0.3) is 0 Å². The molecule has 27 heavy (non-hydrogen) atoms. The second-order valence-corrected chi connectivity index (χ2v) is 7.57. The summed E-state index contributed by atoms with van der Waals surface area (Å²) < 4.78 is 5.95. The molecule has 0 N–H and O–H groups in total. The van der Waals surface area contributed by atoms with Crippen LogP contribution in [0.3, 0.4) is 0 Å². The van der Waals surface area contributed by atoms with Crippen molar-refractivity contribution in [2.24, 2.45) is 0 Å². The zero-order valence-corrected chi connectivity index (χ0v) is 15.8. The van der Waals surface area contributed by atoms with Crippen molar-refractivity contribution in [3.8, 4) is 0 Å². The van der Waals surface area contributed by atoms with E-state index >= 15 is 0 Å². The molecule has 0 aliphatic carbocycles. The number of halogens is 1. The molecule has 2 amide bonds. The molecule has 1 unspecified atom stereocenters. The maximum absolute atomic E-state index is 12.7. The minimum absolute atomic E-state index is 0.0256. The summed E-state index contributed by atoms with van der Waals surface area (Å²) in [7, 11) is 0. The third-order valence-electron chi connectivity index (χ3n) is 5.19. The number of oxazole rings is 1. The van der Waals surface area contributed by atoms with E-state index < -0.39 is 0 Å². The van der Waals surface area contributed by atoms with Crippen LogP contribution < -0.4 is 0 Å². The first-order valence-corrected chi connectivity index (χ1v) is 9.74. The molecule has 1 atom stereocenters. The van der Waals surface area contributed by atoms with Crippen molar-refractivity contribution in [2.75, 3.05) is 19.6 Å². The molecule has 2 fully saturated rings. The Balaban J connectivity index is 1.43. The highest BCUT2D eigenvalue weighted by atomic mass is 35.5. The Bertz CT molecular complexity index is 851. The van der Waals surface area contributed by atoms with Crippen molar-refractivity contribution in [2.45, 2.75) is 38.1 Å². The van der Waals surface area contributed by atoms with E-state index in [-0.39, 0.29) is 24.4 Å². The lowest BCUT2D eigenvalue weighted by Gasteiger charge is -2.25. The lowest BCUT2D eigenvalue weighted by molar-refractivity contribution is -0.139. The number of hydrogen-bond acceptors (Lipinski definition) is 4. The number of benzene rings is 1. The molecular formula is C20H22ClN3O3. The predicted molar refractivity (Wildman–Crippen MR) is 100 cm³/mol. The molecule has 142 valence electrons. The molecule has 4 rings (SSSR count). The van der Waals surface area contributed by atoms with Gasteiger partial charge >= 0.3 is 0 Å². The quantitative estimate of drug-likeness (QED) is 0.790. The molecule has 1 aromatic carbocycles. The first-order chi connectivity index (χ1) is 13.1. The average Bonchev–Trinajstić information content (AvgIpc) is 3.36. The van der Waals surface area contributed by atoms with Gasteiger partial charge in [-0.05, 0) is 37.0 Å². The molecule has 2 aliphatic rings. The van der Waals surface area contributed by atoms with Gasteiger partial charge in [0.15, 0.2) is 0 Å². The van der Waals surface area contributed by atoms with E-state index in [1.54, 1.807) is 16.0 Å². The molecule has 0 bridgehead atoms. The largest absolute Gasteiger partial charge is 0.443 e. The Kier molecular flexibility index (Phi) is 5.16. The fraction of sp³-hybridized carbons (Fsp3) is 0.450. The topological polar surface area (TPSA) is 66.7 Å². The maximum Gasteiger partial charge on any atom is 0.242 e. The third-order valence-corrected chi connectivity index (χ3v) is 5.43. The van der Waals surface area contributed by atoms with Gasteiger partial charge in [-0.1, -0.05) is 23.7 Å². The summed E-state index contributed by atoms with van der Waals surface area (Å²) in [6.07, 6.45) is 5.45. The fourth-order valence-electron chi connectivity index (χ4n) is 3.85. The van der Waals surface area contributed by atoms with Crippen molar-refractivity contribution >= 4 is 23.4 Å². The van der Waals surface area contributed by atoms with Crippen molar-refractivity contribution in [3.05, 3.63) is 52.7 Å². The van der Waals surface area contributed by atoms with Gasteiger partial charge in [-0.25, -0.2) is 4.98 Å². The summed E-state index contributed by atoms with van der Waals surface area (Å²) in [5.41, 5.74) is 1.05. The summed E-state index contributed by atoms with van der Waals surface area (Å²) in [4.78, 5) is 32.4. The zero-order valence-electron chi connectivity index (χ0n) is 15.1. The number of rotatable bonds is 5. The summed E-state index contributed by atoms with van der Waals surface area (Å²) in [5, 5.41) is 0.691. The van der Waals surface area contributed by atoms with Gasteiger partial charge in [0.2, 0.25) is 17.7 Å². The first kappa shape index (κ1) is 18.0. The maximum atomic E-state index is 12.7. The van der Waals surface area contributed by atoms with Crippen LogP contribution in [-0.4, -0.2) is 46.2 Å². The third kappa shape index (κ3) is 4.00. The number of likely N-dealkylation sites (tertiary alicyclic amines) is 2. The van der Waals surface area contributed by atoms with E-state index in [0.717, 1.165) is 30.6 Å². The Morgan fingerprint density at radius 1 is 1.30 bits per heavy atom. The predicted octanol–water partition coefficient (Wildman–Crippen LogP) is 3.20. The van der Waals surface area contributed by atoms with E-state index in [9.17, 15) is 9.59 Å². The highest BCUT2D eigenvalue weighted by Gasteiger charge is 2.35. The van der Waals surface area contributed by atoms with Gasteiger partial charge in [-0.2, -0.15) is 0 Å². The van der Waals surface area contributed by atoms with Crippen molar-refractivity contribution < 1.29 is 14.0 Å². The van der Waals surface area contributed by atoms with Crippen LogP contribution in [0.1, 0.15) is 48.9 Å². The monoisotopic (exact) mass is 387 g/mol. The van der Waals surface area contributed by atoms with Crippen LogP contribution in [0.5, 0.6) is 0 Å². The first-order valence-electron chi connectivity index (χ1n) is 9.36. The van der Waals surface area contributed by atoms with Gasteiger partial charge in [0.1, 0.15) is 11.8 Å². The molecule has 7 heteroatoms. The summed E-state index contributed by atoms with van der Waals surface area (Å²) >= 11 is 6.04. The molecule has 0 saturated carbocycles. The zero-order chi connectivity index (χ0) is 18.8. The molecule has 3 heterocycles. The standard InChI is InChI=1S/C20H22ClN3O3/c21-15-5-1-4-14(10-15)11-16-12-22-20(27-16)17-6-2-9-24(17)19(26)13-23-8-3-7-18(23)25/h1,4-5,10,12,17H,2-3,6-9,11,13H2. The minimum atomic E-state index is -0.150. The van der Waals surface area contributed by atoms with E-state index in [0.29, 0.717) is 36.8 Å². The number of aromatic nitrogens is 1. The van der Waals surface area contributed by atoms with Gasteiger partial charge in [0, 0.05) is 31.0 Å². The lowest BCUT2D eigenvalue weighted by Crippen LogP contribution is -2.40. The molecule has 2 aromatic rings. The molecular weight excluding hydrogens is 366 g/mol. The number of amides is 2. The van der Waals surface area contributed by atoms with Crippen LogP contribution in [0.15, 0.2) is 34.9 Å². The molecule has 6 nitrogen and oxygen atoms in total. The van der Waals surface area contributed by atoms with Gasteiger partial charge in [0.25, 0.3) is 0 Å². The number of hydrogen-bond donors (Lipinski definition) is 0. The van der Waals surface area contributed by atoms with Crippen LogP contribution >= 0.6 is 11.6 Å². The van der Waals surface area contributed by atoms with Gasteiger partial charge in [-0.15, -0.1) is 0 Å². The molecule has 0 radical (unpaired) electrons. The summed E-state index contributed by atoms with van der Waals surface area (Å²) in [5.74, 6) is 1.37. The second-order valence-electron chi connectivity index (χ2n) is 7.14. The van der Waals surface area contributed by atoms with Gasteiger partial charge in [0.05, 0.1) is 12.7 Å². The fourth-order valence-corrected chi connectivity index (χ4v) is 4.07. The number of carbonyl (C=O) groups excluding carboxylic acids is 2. The van der Waals surface area contributed by atoms with Crippen LogP contribution in [0, 0.1) is 0 Å². The highest BCUT2D eigenvalue weighted by molar-refractivity contribution is 6.30. The van der Waals surface area contributed by atoms with Gasteiger partial charge in [-0.3, -0.25) is 9.59 Å². The van der Waals surface area contributed by atoms with E-state index in [2.05, 4.69) is 4.98 Å². The Morgan fingerprint density at radius 2 is 2.19 bits per heavy atom. The Labute approximate surface area is 163 Å². The smallest absolute Gasteiger partial charge is 0.242 e. The van der Waals surface area contributed by atoms with Crippen molar-refractivity contribution in [1.29, 1.82) is 0 Å². The number of nitrogens with zero attached hydrogens (tertiary/aromatic N) is 3. The van der Waals surface area contributed by atoms with E-state index in [4.69, 9.17) is 16.0 Å². The lowest BCUT2D eigenvalue weighted by atomic mass is 10.1. The summed E-state index contributed by atoms with van der Waals surface area (Å²) in [6, 6.07) is 7.49. The van der Waals surface area contributed by atoms with E-state index in [1.165, 1.54) is 0 Å². The Morgan fingerprint density at radius 3 is 2.96 bits per heavy atom. The highest BCUT2D eigenvalue weighted by Crippen LogP contribution is 2.32. The van der Waals surface area contributed by atoms with Crippen molar-refractivity contribution in [1.82, 2.24) is 14.8 Å². The van der Waals surface area contributed by atoms with E-state index in [1.807, 2.05) is 24.3 Å². The number of carbonyl (C=O) groups is 2. The Hall–Kier alpha value is -2.34. The normalized spacial score (nSPS) is 19.9.